The first-order chi connectivity index (χ1) is 12.0. The quantitative estimate of drug-likeness (QED) is 0.826. The average molecular weight is 347 g/mol. The Labute approximate surface area is 147 Å². The van der Waals surface area contributed by atoms with E-state index in [1.54, 1.807) is 12.1 Å². The van der Waals surface area contributed by atoms with E-state index in [0.29, 0.717) is 12.1 Å². The molecule has 2 aliphatic rings. The normalized spacial score (nSPS) is 24.8. The summed E-state index contributed by atoms with van der Waals surface area (Å²) in [5.74, 6) is -0.0246. The highest BCUT2D eigenvalue weighted by molar-refractivity contribution is 5.82. The van der Waals surface area contributed by atoms with Crippen LogP contribution in [0.3, 0.4) is 0 Å². The van der Waals surface area contributed by atoms with Gasteiger partial charge in [-0.05, 0) is 42.9 Å². The van der Waals surface area contributed by atoms with E-state index in [0.717, 1.165) is 32.2 Å². The zero-order valence-electron chi connectivity index (χ0n) is 14.6. The second kappa shape index (κ2) is 7.52. The number of nitrogens with one attached hydrogen (secondary N) is 1. The SMILES string of the molecule is CC[C@@H]1CN(C(=O)C2CC2)CC[C@@H]1N[C@H](C(N)=O)c1ccc(F)cc1. The number of piperidine rings is 1. The molecule has 1 aromatic rings. The highest BCUT2D eigenvalue weighted by Crippen LogP contribution is 2.33. The molecular weight excluding hydrogens is 321 g/mol. The van der Waals surface area contributed by atoms with Crippen LogP contribution in [0.25, 0.3) is 0 Å². The molecule has 25 heavy (non-hydrogen) atoms. The fourth-order valence-corrected chi connectivity index (χ4v) is 3.67. The number of rotatable bonds is 6. The molecule has 5 nitrogen and oxygen atoms in total. The predicted molar refractivity (Wildman–Crippen MR) is 93.0 cm³/mol. The van der Waals surface area contributed by atoms with Crippen LogP contribution in [0.4, 0.5) is 4.39 Å². The lowest BCUT2D eigenvalue weighted by molar-refractivity contribution is -0.135. The molecule has 0 radical (unpaired) electrons. The molecule has 3 atom stereocenters. The molecule has 1 saturated carbocycles. The minimum Gasteiger partial charge on any atom is -0.368 e. The molecule has 0 bridgehead atoms. The first-order valence-electron chi connectivity index (χ1n) is 9.09. The van der Waals surface area contributed by atoms with E-state index in [-0.39, 0.29) is 29.6 Å². The number of benzene rings is 1. The largest absolute Gasteiger partial charge is 0.368 e. The number of nitrogens with zero attached hydrogens (tertiary/aromatic N) is 1. The molecule has 0 unspecified atom stereocenters. The van der Waals surface area contributed by atoms with Crippen LogP contribution in [0, 0.1) is 17.7 Å². The summed E-state index contributed by atoms with van der Waals surface area (Å²) in [4.78, 5) is 26.2. The Balaban J connectivity index is 1.68. The average Bonchev–Trinajstić information content (AvgIpc) is 3.45. The number of carbonyl (C=O) groups excluding carboxylic acids is 2. The number of primary amides is 1. The minimum atomic E-state index is -0.648. The summed E-state index contributed by atoms with van der Waals surface area (Å²) in [6.07, 6.45) is 3.74. The van der Waals surface area contributed by atoms with E-state index in [1.165, 1.54) is 12.1 Å². The van der Waals surface area contributed by atoms with E-state index in [9.17, 15) is 14.0 Å². The highest BCUT2D eigenvalue weighted by Gasteiger charge is 2.38. The summed E-state index contributed by atoms with van der Waals surface area (Å²) in [7, 11) is 0. The molecule has 1 heterocycles. The van der Waals surface area contributed by atoms with Crippen molar-refractivity contribution < 1.29 is 14.0 Å². The van der Waals surface area contributed by atoms with Crippen molar-refractivity contribution in [1.82, 2.24) is 10.2 Å². The van der Waals surface area contributed by atoms with E-state index in [4.69, 9.17) is 5.73 Å². The standard InChI is InChI=1S/C19H26FN3O2/c1-2-12-11-23(19(25)14-3-4-14)10-9-16(12)22-17(18(21)24)13-5-7-15(20)8-6-13/h5-8,12,14,16-17,22H,2-4,9-11H2,1H3,(H2,21,24)/t12-,16+,17+/m1/s1. The maximum absolute atomic E-state index is 13.1. The number of likely N-dealkylation sites (tertiary alicyclic amines) is 1. The Morgan fingerprint density at radius 3 is 2.52 bits per heavy atom. The van der Waals surface area contributed by atoms with Crippen LogP contribution in [0.1, 0.15) is 44.2 Å². The Bertz CT molecular complexity index is 630. The predicted octanol–water partition coefficient (Wildman–Crippen LogP) is 1.98. The fraction of sp³-hybridized carbons (Fsp3) is 0.579. The Hall–Kier alpha value is -1.95. The lowest BCUT2D eigenvalue weighted by Gasteiger charge is -2.40. The van der Waals surface area contributed by atoms with Gasteiger partial charge >= 0.3 is 0 Å². The van der Waals surface area contributed by atoms with Gasteiger partial charge in [0.05, 0.1) is 0 Å². The van der Waals surface area contributed by atoms with E-state index >= 15 is 0 Å². The van der Waals surface area contributed by atoms with Gasteiger partial charge in [-0.2, -0.15) is 0 Å². The van der Waals surface area contributed by atoms with Crippen LogP contribution in [0.5, 0.6) is 0 Å². The van der Waals surface area contributed by atoms with Crippen LogP contribution < -0.4 is 11.1 Å². The van der Waals surface area contributed by atoms with Gasteiger partial charge in [0, 0.05) is 25.0 Å². The Morgan fingerprint density at radius 1 is 1.28 bits per heavy atom. The monoisotopic (exact) mass is 347 g/mol. The van der Waals surface area contributed by atoms with Gasteiger partial charge in [0.15, 0.2) is 0 Å². The molecule has 0 spiro atoms. The van der Waals surface area contributed by atoms with Crippen molar-refractivity contribution in [1.29, 1.82) is 0 Å². The summed E-state index contributed by atoms with van der Waals surface area (Å²) in [6.45, 7) is 3.53. The van der Waals surface area contributed by atoms with Gasteiger partial charge in [0.25, 0.3) is 0 Å². The van der Waals surface area contributed by atoms with E-state index in [2.05, 4.69) is 12.2 Å². The molecule has 1 aromatic carbocycles. The number of hydrogen-bond acceptors (Lipinski definition) is 3. The van der Waals surface area contributed by atoms with Gasteiger partial charge in [-0.15, -0.1) is 0 Å². The summed E-state index contributed by atoms with van der Waals surface area (Å²) in [5, 5.41) is 3.36. The molecule has 6 heteroatoms. The number of halogens is 1. The van der Waals surface area contributed by atoms with Crippen LogP contribution in [-0.2, 0) is 9.59 Å². The summed E-state index contributed by atoms with van der Waals surface area (Å²) >= 11 is 0. The molecule has 136 valence electrons. The van der Waals surface area contributed by atoms with Crippen molar-refractivity contribution in [3.63, 3.8) is 0 Å². The van der Waals surface area contributed by atoms with Crippen molar-refractivity contribution in [2.45, 2.75) is 44.7 Å². The zero-order chi connectivity index (χ0) is 18.0. The first kappa shape index (κ1) is 17.9. The summed E-state index contributed by atoms with van der Waals surface area (Å²) in [5.41, 5.74) is 6.24. The molecule has 1 aliphatic carbocycles. The van der Waals surface area contributed by atoms with E-state index < -0.39 is 11.9 Å². The highest BCUT2D eigenvalue weighted by atomic mass is 19.1. The lowest BCUT2D eigenvalue weighted by Crippen LogP contribution is -2.53. The lowest BCUT2D eigenvalue weighted by atomic mass is 9.88. The van der Waals surface area contributed by atoms with Gasteiger partial charge in [0.1, 0.15) is 11.9 Å². The Morgan fingerprint density at radius 2 is 1.96 bits per heavy atom. The molecular formula is C19H26FN3O2. The molecule has 1 saturated heterocycles. The summed E-state index contributed by atoms with van der Waals surface area (Å²) in [6, 6.07) is 5.30. The number of hydrogen-bond donors (Lipinski definition) is 2. The van der Waals surface area contributed by atoms with Gasteiger partial charge in [-0.1, -0.05) is 25.5 Å². The van der Waals surface area contributed by atoms with Crippen LogP contribution in [0.2, 0.25) is 0 Å². The smallest absolute Gasteiger partial charge is 0.239 e. The van der Waals surface area contributed by atoms with Gasteiger partial charge in [0.2, 0.25) is 11.8 Å². The van der Waals surface area contributed by atoms with Crippen LogP contribution in [0.15, 0.2) is 24.3 Å². The third-order valence-corrected chi connectivity index (χ3v) is 5.37. The third-order valence-electron chi connectivity index (χ3n) is 5.37. The van der Waals surface area contributed by atoms with E-state index in [1.807, 2.05) is 4.90 Å². The van der Waals surface area contributed by atoms with Gasteiger partial charge < -0.3 is 10.6 Å². The van der Waals surface area contributed by atoms with Crippen molar-refractivity contribution >= 4 is 11.8 Å². The number of amides is 2. The minimum absolute atomic E-state index is 0.107. The zero-order valence-corrected chi connectivity index (χ0v) is 14.6. The second-order valence-corrected chi connectivity index (χ2v) is 7.18. The van der Waals surface area contributed by atoms with Gasteiger partial charge in [-0.25, -0.2) is 4.39 Å². The Kier molecular flexibility index (Phi) is 5.37. The number of carbonyl (C=O) groups is 2. The van der Waals surface area contributed by atoms with Crippen LogP contribution >= 0.6 is 0 Å². The molecule has 3 N–H and O–H groups in total. The van der Waals surface area contributed by atoms with Gasteiger partial charge in [-0.3, -0.25) is 14.9 Å². The van der Waals surface area contributed by atoms with Crippen molar-refractivity contribution in [2.24, 2.45) is 17.6 Å². The number of nitrogens with two attached hydrogens (primary N) is 1. The fourth-order valence-electron chi connectivity index (χ4n) is 3.67. The first-order valence-corrected chi connectivity index (χ1v) is 9.09. The third kappa shape index (κ3) is 4.18. The molecule has 3 rings (SSSR count). The maximum Gasteiger partial charge on any atom is 0.239 e. The van der Waals surface area contributed by atoms with Crippen LogP contribution in [-0.4, -0.2) is 35.8 Å². The topological polar surface area (TPSA) is 75.4 Å². The molecule has 1 aliphatic heterocycles. The molecule has 2 fully saturated rings. The second-order valence-electron chi connectivity index (χ2n) is 7.18. The van der Waals surface area contributed by atoms with Crippen molar-refractivity contribution in [3.05, 3.63) is 35.6 Å². The maximum atomic E-state index is 13.1. The van der Waals surface area contributed by atoms with Crippen molar-refractivity contribution in [3.8, 4) is 0 Å². The molecule has 0 aromatic heterocycles. The molecule has 2 amide bonds. The summed E-state index contributed by atoms with van der Waals surface area (Å²) < 4.78 is 13.1. The van der Waals surface area contributed by atoms with Crippen molar-refractivity contribution in [2.75, 3.05) is 13.1 Å².